The minimum Gasteiger partial charge on any atom is -0.379 e. The molecule has 14 heteroatoms. The third-order valence-corrected chi connectivity index (χ3v) is 7.93. The molecule has 4 amide bonds. The van der Waals surface area contributed by atoms with Gasteiger partial charge in [-0.25, -0.2) is 0 Å². The maximum atomic E-state index is 12.7. The standard InChI is InChI=1S/C29H50N4O9S/c1-28(2,3)22(35)15-20(26(39)31-23(36)17-30)32(7)25(38)18-42-14-13-41-12-8-9-19(34)10-11-33-24(37)16-21(27(33)40)43-29(4,5)6/h20-21,23,36H,8-18,30H2,1-7H3,(H,31,39). The highest BCUT2D eigenvalue weighted by molar-refractivity contribution is 8.01. The predicted molar refractivity (Wildman–Crippen MR) is 162 cm³/mol. The van der Waals surface area contributed by atoms with Crippen molar-refractivity contribution in [3.05, 3.63) is 0 Å². The molecule has 0 radical (unpaired) electrons. The zero-order chi connectivity index (χ0) is 33.0. The number of rotatable bonds is 19. The Hall–Kier alpha value is -2.39. The number of hydrogen-bond acceptors (Lipinski definition) is 11. The van der Waals surface area contributed by atoms with Gasteiger partial charge in [-0.15, -0.1) is 11.8 Å². The predicted octanol–water partition coefficient (Wildman–Crippen LogP) is 0.644. The van der Waals surface area contributed by atoms with Crippen molar-refractivity contribution in [2.45, 2.75) is 95.9 Å². The first-order valence-electron chi connectivity index (χ1n) is 14.5. The maximum Gasteiger partial charge on any atom is 0.249 e. The molecule has 0 aromatic carbocycles. The maximum absolute atomic E-state index is 12.7. The molecule has 1 fully saturated rings. The van der Waals surface area contributed by atoms with Crippen molar-refractivity contribution in [1.82, 2.24) is 15.1 Å². The van der Waals surface area contributed by atoms with Crippen molar-refractivity contribution in [3.63, 3.8) is 0 Å². The molecule has 246 valence electrons. The average molecular weight is 631 g/mol. The molecule has 0 aliphatic carbocycles. The first-order chi connectivity index (χ1) is 19.9. The van der Waals surface area contributed by atoms with Crippen molar-refractivity contribution >= 4 is 47.0 Å². The van der Waals surface area contributed by atoms with Gasteiger partial charge in [-0.05, 0) is 6.42 Å². The number of aliphatic hydroxyl groups is 1. The number of nitrogens with zero attached hydrogens (tertiary/aromatic N) is 2. The van der Waals surface area contributed by atoms with Gasteiger partial charge in [0.2, 0.25) is 23.6 Å². The zero-order valence-corrected chi connectivity index (χ0v) is 27.4. The highest BCUT2D eigenvalue weighted by atomic mass is 32.2. The van der Waals surface area contributed by atoms with E-state index < -0.39 is 34.7 Å². The van der Waals surface area contributed by atoms with Crippen molar-refractivity contribution in [2.24, 2.45) is 11.1 Å². The first kappa shape index (κ1) is 38.6. The second-order valence-corrected chi connectivity index (χ2v) is 14.6. The van der Waals surface area contributed by atoms with Crippen LogP contribution in [0.3, 0.4) is 0 Å². The summed E-state index contributed by atoms with van der Waals surface area (Å²) in [6.07, 6.45) is -0.574. The number of ketones is 2. The molecule has 0 spiro atoms. The molecule has 1 aliphatic rings. The average Bonchev–Trinajstić information content (AvgIpc) is 3.15. The van der Waals surface area contributed by atoms with Crippen LogP contribution in [0.1, 0.15) is 73.6 Å². The van der Waals surface area contributed by atoms with Crippen LogP contribution in [0.25, 0.3) is 0 Å². The number of nitrogens with two attached hydrogens (primary N) is 1. The number of amides is 4. The number of ether oxygens (including phenoxy) is 2. The van der Waals surface area contributed by atoms with Gasteiger partial charge in [-0.1, -0.05) is 41.5 Å². The molecule has 0 bridgehead atoms. The van der Waals surface area contributed by atoms with Crippen LogP contribution < -0.4 is 11.1 Å². The minimum atomic E-state index is -1.31. The summed E-state index contributed by atoms with van der Waals surface area (Å²) in [6, 6.07) is -1.15. The smallest absolute Gasteiger partial charge is 0.249 e. The molecule has 1 aliphatic heterocycles. The van der Waals surface area contributed by atoms with Gasteiger partial charge in [0.1, 0.15) is 30.4 Å². The number of likely N-dealkylation sites (tertiary alicyclic amines) is 1. The van der Waals surface area contributed by atoms with Crippen LogP contribution in [0.5, 0.6) is 0 Å². The van der Waals surface area contributed by atoms with E-state index in [0.717, 1.165) is 4.90 Å². The third kappa shape index (κ3) is 14.3. The van der Waals surface area contributed by atoms with E-state index in [0.29, 0.717) is 6.42 Å². The van der Waals surface area contributed by atoms with E-state index in [9.17, 15) is 33.9 Å². The fourth-order valence-corrected chi connectivity index (χ4v) is 5.31. The lowest BCUT2D eigenvalue weighted by molar-refractivity contribution is -0.146. The lowest BCUT2D eigenvalue weighted by atomic mass is 9.86. The van der Waals surface area contributed by atoms with Gasteiger partial charge < -0.3 is 30.5 Å². The third-order valence-electron chi connectivity index (χ3n) is 6.57. The van der Waals surface area contributed by atoms with Crippen molar-refractivity contribution in [1.29, 1.82) is 0 Å². The number of nitrogens with one attached hydrogen (secondary N) is 1. The van der Waals surface area contributed by atoms with E-state index in [-0.39, 0.29) is 93.3 Å². The Balaban J connectivity index is 2.34. The van der Waals surface area contributed by atoms with Crippen molar-refractivity contribution in [2.75, 3.05) is 46.6 Å². The van der Waals surface area contributed by atoms with Gasteiger partial charge in [0.25, 0.3) is 0 Å². The first-order valence-corrected chi connectivity index (χ1v) is 15.4. The van der Waals surface area contributed by atoms with Gasteiger partial charge in [0.05, 0.1) is 18.5 Å². The lowest BCUT2D eigenvalue weighted by Gasteiger charge is -2.29. The van der Waals surface area contributed by atoms with Crippen molar-refractivity contribution < 1.29 is 43.3 Å². The number of aliphatic hydroxyl groups excluding tert-OH is 1. The Bertz CT molecular complexity index is 993. The Morgan fingerprint density at radius 1 is 1.07 bits per heavy atom. The summed E-state index contributed by atoms with van der Waals surface area (Å²) in [5.41, 5.74) is 4.62. The summed E-state index contributed by atoms with van der Waals surface area (Å²) >= 11 is 1.46. The Kier molecular flexibility index (Phi) is 16.0. The Labute approximate surface area is 258 Å². The molecule has 0 aromatic heterocycles. The van der Waals surface area contributed by atoms with Crippen LogP contribution in [-0.2, 0) is 38.2 Å². The minimum absolute atomic E-state index is 0.0662. The molecule has 13 nitrogen and oxygen atoms in total. The van der Waals surface area contributed by atoms with Gasteiger partial charge in [-0.3, -0.25) is 33.7 Å². The SMILES string of the molecule is CN(C(=O)COCCOCCCC(=O)CCN1C(=O)CC(SC(C)(C)C)C1=O)C(CC(=O)C(C)(C)C)C(=O)NC(O)CN. The Morgan fingerprint density at radius 2 is 1.70 bits per heavy atom. The van der Waals surface area contributed by atoms with Crippen LogP contribution in [0.2, 0.25) is 0 Å². The fourth-order valence-electron chi connectivity index (χ4n) is 4.00. The number of imide groups is 1. The summed E-state index contributed by atoms with van der Waals surface area (Å²) in [5, 5.41) is 11.6. The van der Waals surface area contributed by atoms with E-state index in [1.165, 1.54) is 23.7 Å². The van der Waals surface area contributed by atoms with Crippen molar-refractivity contribution in [3.8, 4) is 0 Å². The second kappa shape index (κ2) is 17.8. The van der Waals surface area contributed by atoms with E-state index >= 15 is 0 Å². The van der Waals surface area contributed by atoms with E-state index in [1.54, 1.807) is 20.8 Å². The summed E-state index contributed by atoms with van der Waals surface area (Å²) < 4.78 is 10.7. The summed E-state index contributed by atoms with van der Waals surface area (Å²) in [6.45, 7) is 11.2. The molecule has 1 rings (SSSR count). The molecule has 0 aromatic rings. The van der Waals surface area contributed by atoms with Crippen LogP contribution in [0.15, 0.2) is 0 Å². The fraction of sp³-hybridized carbons (Fsp3) is 0.793. The molecule has 43 heavy (non-hydrogen) atoms. The summed E-state index contributed by atoms with van der Waals surface area (Å²) in [7, 11) is 1.38. The number of carbonyl (C=O) groups excluding carboxylic acids is 6. The molecule has 3 unspecified atom stereocenters. The summed E-state index contributed by atoms with van der Waals surface area (Å²) in [4.78, 5) is 77.2. The van der Waals surface area contributed by atoms with E-state index in [2.05, 4.69) is 5.32 Å². The van der Waals surface area contributed by atoms with Gasteiger partial charge in [0.15, 0.2) is 0 Å². The number of hydrogen-bond donors (Lipinski definition) is 3. The molecule has 3 atom stereocenters. The Morgan fingerprint density at radius 3 is 2.28 bits per heavy atom. The lowest BCUT2D eigenvalue weighted by Crippen LogP contribution is -2.53. The normalized spacial score (nSPS) is 17.1. The second-order valence-electron chi connectivity index (χ2n) is 12.5. The quantitative estimate of drug-likeness (QED) is 0.103. The van der Waals surface area contributed by atoms with Gasteiger partial charge >= 0.3 is 0 Å². The number of likely N-dealkylation sites (N-methyl/N-ethyl adjacent to an activating group) is 1. The highest BCUT2D eigenvalue weighted by Gasteiger charge is 2.40. The van der Waals surface area contributed by atoms with Gasteiger partial charge in [0, 0.05) is 62.6 Å². The number of Topliss-reactive ketones (excluding diaryl/α,β-unsaturated/α-hetero) is 2. The molecular weight excluding hydrogens is 580 g/mol. The molecule has 0 saturated carbocycles. The monoisotopic (exact) mass is 630 g/mol. The number of carbonyl (C=O) groups is 6. The zero-order valence-electron chi connectivity index (χ0n) is 26.6. The highest BCUT2D eigenvalue weighted by Crippen LogP contribution is 2.34. The molecule has 1 saturated heterocycles. The molecule has 1 heterocycles. The molecule has 4 N–H and O–H groups in total. The largest absolute Gasteiger partial charge is 0.379 e. The summed E-state index contributed by atoms with van der Waals surface area (Å²) in [5.74, 6) is -2.00. The van der Waals surface area contributed by atoms with Crippen LogP contribution in [0, 0.1) is 5.41 Å². The number of thioether (sulfide) groups is 1. The van der Waals surface area contributed by atoms with E-state index in [4.69, 9.17) is 15.2 Å². The van der Waals surface area contributed by atoms with E-state index in [1.807, 2.05) is 20.8 Å². The molecular formula is C29H50N4O9S. The van der Waals surface area contributed by atoms with Crippen LogP contribution in [-0.4, -0.2) is 119 Å². The van der Waals surface area contributed by atoms with Crippen LogP contribution >= 0.6 is 11.8 Å². The van der Waals surface area contributed by atoms with Gasteiger partial charge in [-0.2, -0.15) is 0 Å². The topological polar surface area (TPSA) is 186 Å². The van der Waals surface area contributed by atoms with Crippen LogP contribution in [0.4, 0.5) is 0 Å².